The molecule has 4 heteroatoms. The van der Waals surface area contributed by atoms with Crippen LogP contribution in [0.3, 0.4) is 0 Å². The second-order valence-electron chi connectivity index (χ2n) is 4.24. The summed E-state index contributed by atoms with van der Waals surface area (Å²) in [5.41, 5.74) is 7.29. The molecule has 0 heterocycles. The molecule has 0 aromatic heterocycles. The van der Waals surface area contributed by atoms with Crippen LogP contribution in [0.4, 0.5) is 0 Å². The molecule has 0 atom stereocenters. The number of ether oxygens (including phenoxy) is 1. The van der Waals surface area contributed by atoms with Crippen molar-refractivity contribution in [3.63, 3.8) is 0 Å². The van der Waals surface area contributed by atoms with Gasteiger partial charge in [-0.05, 0) is 25.0 Å². The smallest absolute Gasteiger partial charge is 0.220 e. The minimum absolute atomic E-state index is 0.0336. The molecule has 20 heavy (non-hydrogen) atoms. The minimum atomic E-state index is 0.0336. The molecule has 0 radical (unpaired) electrons. The molecule has 0 aliphatic heterocycles. The highest BCUT2D eigenvalue weighted by Crippen LogP contribution is 2.07. The van der Waals surface area contributed by atoms with Gasteiger partial charge in [0.1, 0.15) is 0 Å². The van der Waals surface area contributed by atoms with E-state index in [1.54, 1.807) is 0 Å². The summed E-state index contributed by atoms with van der Waals surface area (Å²) in [4.78, 5) is 11.7. The predicted molar refractivity (Wildman–Crippen MR) is 79.9 cm³/mol. The Morgan fingerprint density at radius 2 is 2.20 bits per heavy atom. The Hall–Kier alpha value is -1.83. The molecular weight excluding hydrogens is 252 g/mol. The van der Waals surface area contributed by atoms with Gasteiger partial charge in [0.25, 0.3) is 0 Å². The van der Waals surface area contributed by atoms with Gasteiger partial charge in [0.05, 0.1) is 6.54 Å². The van der Waals surface area contributed by atoms with Crippen LogP contribution in [0, 0.1) is 11.8 Å². The van der Waals surface area contributed by atoms with E-state index in [2.05, 4.69) is 17.2 Å². The van der Waals surface area contributed by atoms with Crippen molar-refractivity contribution < 1.29 is 9.53 Å². The number of nitrogens with one attached hydrogen (secondary N) is 1. The van der Waals surface area contributed by atoms with E-state index in [4.69, 9.17) is 10.5 Å². The van der Waals surface area contributed by atoms with Gasteiger partial charge in [-0.25, -0.2) is 0 Å². The maximum atomic E-state index is 11.7. The molecule has 4 nitrogen and oxygen atoms in total. The third kappa shape index (κ3) is 6.37. The normalized spacial score (nSPS) is 9.70. The van der Waals surface area contributed by atoms with Crippen molar-refractivity contribution >= 4 is 5.91 Å². The number of hydrogen-bond donors (Lipinski definition) is 2. The number of nitrogens with two attached hydrogens (primary N) is 1. The predicted octanol–water partition coefficient (Wildman–Crippen LogP) is 1.43. The molecule has 0 unspecified atom stereocenters. The summed E-state index contributed by atoms with van der Waals surface area (Å²) in [5.74, 6) is 5.87. The van der Waals surface area contributed by atoms with Crippen molar-refractivity contribution in [3.05, 3.63) is 35.4 Å². The topological polar surface area (TPSA) is 64.3 Å². The quantitative estimate of drug-likeness (QED) is 0.584. The molecule has 0 saturated heterocycles. The fourth-order valence-corrected chi connectivity index (χ4v) is 1.70. The molecule has 0 saturated carbocycles. The van der Waals surface area contributed by atoms with Gasteiger partial charge in [0.2, 0.25) is 5.91 Å². The minimum Gasteiger partial charge on any atom is -0.382 e. The zero-order valence-corrected chi connectivity index (χ0v) is 11.9. The maximum absolute atomic E-state index is 11.7. The molecule has 108 valence electrons. The van der Waals surface area contributed by atoms with Gasteiger partial charge in [0.15, 0.2) is 0 Å². The lowest BCUT2D eigenvalue weighted by Crippen LogP contribution is -2.23. The van der Waals surface area contributed by atoms with Crippen molar-refractivity contribution in [2.75, 3.05) is 19.8 Å². The highest BCUT2D eigenvalue weighted by atomic mass is 16.5. The summed E-state index contributed by atoms with van der Waals surface area (Å²) in [6.07, 6.45) is 1.23. The molecule has 1 rings (SSSR count). The van der Waals surface area contributed by atoms with Crippen LogP contribution in [0.15, 0.2) is 24.3 Å². The molecule has 0 aliphatic rings. The van der Waals surface area contributed by atoms with Crippen LogP contribution in [-0.4, -0.2) is 25.7 Å². The van der Waals surface area contributed by atoms with E-state index >= 15 is 0 Å². The number of rotatable bonds is 7. The van der Waals surface area contributed by atoms with Gasteiger partial charge in [0, 0.05) is 31.7 Å². The Morgan fingerprint density at radius 3 is 2.95 bits per heavy atom. The summed E-state index contributed by atoms with van der Waals surface area (Å²) < 4.78 is 5.20. The van der Waals surface area contributed by atoms with Crippen molar-refractivity contribution in [1.29, 1.82) is 0 Å². The highest BCUT2D eigenvalue weighted by molar-refractivity contribution is 5.75. The molecule has 1 aromatic rings. The van der Waals surface area contributed by atoms with Crippen molar-refractivity contribution in [3.8, 4) is 11.8 Å². The van der Waals surface area contributed by atoms with Crippen LogP contribution in [0.2, 0.25) is 0 Å². The van der Waals surface area contributed by atoms with E-state index in [0.717, 1.165) is 17.5 Å². The van der Waals surface area contributed by atoms with Crippen LogP contribution in [-0.2, 0) is 16.1 Å². The van der Waals surface area contributed by atoms with Crippen molar-refractivity contribution in [1.82, 2.24) is 5.32 Å². The molecular formula is C16H22N2O2. The number of amides is 1. The van der Waals surface area contributed by atoms with Crippen LogP contribution in [0.1, 0.15) is 30.9 Å². The number of carbonyl (C=O) groups excluding carboxylic acids is 1. The average Bonchev–Trinajstić information content (AvgIpc) is 2.48. The number of hydrogen-bond acceptors (Lipinski definition) is 3. The van der Waals surface area contributed by atoms with E-state index < -0.39 is 0 Å². The molecule has 0 fully saturated rings. The number of benzene rings is 1. The second kappa shape index (κ2) is 10.0. The first-order valence-corrected chi connectivity index (χ1v) is 6.89. The first kappa shape index (κ1) is 16.2. The third-order valence-corrected chi connectivity index (χ3v) is 2.72. The van der Waals surface area contributed by atoms with E-state index in [1.165, 1.54) is 0 Å². The largest absolute Gasteiger partial charge is 0.382 e. The highest BCUT2D eigenvalue weighted by Gasteiger charge is 2.03. The maximum Gasteiger partial charge on any atom is 0.220 e. The van der Waals surface area contributed by atoms with Crippen molar-refractivity contribution in [2.24, 2.45) is 5.73 Å². The van der Waals surface area contributed by atoms with Gasteiger partial charge in [-0.2, -0.15) is 0 Å². The Morgan fingerprint density at radius 1 is 1.40 bits per heavy atom. The Labute approximate surface area is 120 Å². The van der Waals surface area contributed by atoms with Crippen LogP contribution < -0.4 is 11.1 Å². The SMILES string of the molecule is CCOCCCC(=O)NCc1ccccc1C#CCN. The fourth-order valence-electron chi connectivity index (χ4n) is 1.70. The van der Waals surface area contributed by atoms with Crippen LogP contribution in [0.25, 0.3) is 0 Å². The fraction of sp³-hybridized carbons (Fsp3) is 0.438. The summed E-state index contributed by atoms with van der Waals surface area (Å²) in [7, 11) is 0. The van der Waals surface area contributed by atoms with E-state index in [1.807, 2.05) is 31.2 Å². The molecule has 1 amide bonds. The summed E-state index contributed by atoms with van der Waals surface area (Å²) in [6, 6.07) is 7.75. The van der Waals surface area contributed by atoms with Crippen LogP contribution in [0.5, 0.6) is 0 Å². The van der Waals surface area contributed by atoms with E-state index in [9.17, 15) is 4.79 Å². The standard InChI is InChI=1S/C16H22N2O2/c1-2-20-12-6-10-16(19)18-13-15-8-4-3-7-14(15)9-5-11-17/h3-4,7-8H,2,6,10-13,17H2,1H3,(H,18,19). The average molecular weight is 274 g/mol. The van der Waals surface area contributed by atoms with Crippen molar-refractivity contribution in [2.45, 2.75) is 26.3 Å². The van der Waals surface area contributed by atoms with Gasteiger partial charge in [-0.1, -0.05) is 30.0 Å². The zero-order chi connectivity index (χ0) is 14.6. The van der Waals surface area contributed by atoms with Gasteiger partial charge < -0.3 is 15.8 Å². The Balaban J connectivity index is 2.43. The van der Waals surface area contributed by atoms with Gasteiger partial charge >= 0.3 is 0 Å². The lowest BCUT2D eigenvalue weighted by Gasteiger charge is -2.07. The molecule has 0 spiro atoms. The lowest BCUT2D eigenvalue weighted by molar-refractivity contribution is -0.121. The zero-order valence-electron chi connectivity index (χ0n) is 11.9. The van der Waals surface area contributed by atoms with E-state index in [0.29, 0.717) is 32.7 Å². The van der Waals surface area contributed by atoms with Gasteiger partial charge in [-0.15, -0.1) is 0 Å². The summed E-state index contributed by atoms with van der Waals surface area (Å²) in [5, 5.41) is 2.90. The summed E-state index contributed by atoms with van der Waals surface area (Å²) >= 11 is 0. The first-order chi connectivity index (χ1) is 9.77. The summed E-state index contributed by atoms with van der Waals surface area (Å²) in [6.45, 7) is 4.08. The third-order valence-electron chi connectivity index (χ3n) is 2.72. The monoisotopic (exact) mass is 274 g/mol. The number of carbonyl (C=O) groups is 1. The molecule has 3 N–H and O–H groups in total. The first-order valence-electron chi connectivity index (χ1n) is 6.89. The lowest BCUT2D eigenvalue weighted by atomic mass is 10.1. The molecule has 0 aliphatic carbocycles. The Kier molecular flexibility index (Phi) is 8.13. The van der Waals surface area contributed by atoms with Crippen LogP contribution >= 0.6 is 0 Å². The van der Waals surface area contributed by atoms with E-state index in [-0.39, 0.29) is 5.91 Å². The Bertz CT molecular complexity index is 475. The molecule has 1 aromatic carbocycles. The molecule has 0 bridgehead atoms. The second-order valence-corrected chi connectivity index (χ2v) is 4.24. The van der Waals surface area contributed by atoms with Gasteiger partial charge in [-0.3, -0.25) is 4.79 Å².